The van der Waals surface area contributed by atoms with E-state index in [4.69, 9.17) is 10.00 Å². The van der Waals surface area contributed by atoms with Gasteiger partial charge in [-0.15, -0.1) is 0 Å². The molecule has 0 bridgehead atoms. The van der Waals surface area contributed by atoms with Crippen LogP contribution in [0.2, 0.25) is 0 Å². The van der Waals surface area contributed by atoms with E-state index < -0.39 is 5.97 Å². The molecule has 2 aromatic carbocycles. The number of carbonyl (C=O) groups excluding carboxylic acids is 2. The van der Waals surface area contributed by atoms with Gasteiger partial charge in [-0.1, -0.05) is 12.1 Å². The second kappa shape index (κ2) is 8.79. The third-order valence-corrected chi connectivity index (χ3v) is 5.15. The molecule has 1 saturated heterocycles. The van der Waals surface area contributed by atoms with Gasteiger partial charge in [0.2, 0.25) is 0 Å². The zero-order valence-electron chi connectivity index (χ0n) is 17.1. The Morgan fingerprint density at radius 2 is 1.65 bits per heavy atom. The summed E-state index contributed by atoms with van der Waals surface area (Å²) in [5.41, 5.74) is 2.57. The zero-order chi connectivity index (χ0) is 21.8. The summed E-state index contributed by atoms with van der Waals surface area (Å²) in [6.45, 7) is 3.99. The summed E-state index contributed by atoms with van der Waals surface area (Å²) in [5, 5.41) is 8.92. The molecule has 1 amide bonds. The van der Waals surface area contributed by atoms with E-state index in [2.05, 4.69) is 16.0 Å². The minimum atomic E-state index is -0.508. The second-order valence-electron chi connectivity index (χ2n) is 7.07. The summed E-state index contributed by atoms with van der Waals surface area (Å²) in [6.07, 6.45) is 0. The Bertz CT molecular complexity index is 1160. The average Bonchev–Trinajstić information content (AvgIpc) is 2.83. The molecule has 8 nitrogen and oxygen atoms in total. The van der Waals surface area contributed by atoms with Crippen LogP contribution < -0.4 is 4.90 Å². The van der Waals surface area contributed by atoms with Gasteiger partial charge in [-0.25, -0.2) is 14.8 Å². The predicted molar refractivity (Wildman–Crippen MR) is 115 cm³/mol. The molecule has 1 aliphatic heterocycles. The van der Waals surface area contributed by atoms with Gasteiger partial charge < -0.3 is 14.5 Å². The summed E-state index contributed by atoms with van der Waals surface area (Å²) in [4.78, 5) is 38.2. The molecule has 0 spiro atoms. The van der Waals surface area contributed by atoms with E-state index in [1.54, 1.807) is 36.1 Å². The van der Waals surface area contributed by atoms with Gasteiger partial charge in [0, 0.05) is 31.7 Å². The molecule has 31 heavy (non-hydrogen) atoms. The standard InChI is InChI=1S/C23H21N5O3/c1-2-31-23(30)20-21(26-19-6-4-3-5-18(19)25-20)27-11-13-28(14-12-27)22(29)17-9-7-16(15-24)8-10-17/h3-10H,2,11-14H2,1H3. The number of fused-ring (bicyclic) bond motifs is 1. The number of amides is 1. The Morgan fingerprint density at radius 1 is 1.00 bits per heavy atom. The lowest BCUT2D eigenvalue weighted by Crippen LogP contribution is -2.49. The molecule has 8 heteroatoms. The van der Waals surface area contributed by atoms with Crippen molar-refractivity contribution in [2.75, 3.05) is 37.7 Å². The maximum atomic E-state index is 12.8. The third-order valence-electron chi connectivity index (χ3n) is 5.15. The van der Waals surface area contributed by atoms with Gasteiger partial charge in [0.05, 0.1) is 29.3 Å². The van der Waals surface area contributed by atoms with Crippen molar-refractivity contribution in [2.45, 2.75) is 6.92 Å². The van der Waals surface area contributed by atoms with Crippen LogP contribution >= 0.6 is 0 Å². The van der Waals surface area contributed by atoms with Crippen molar-refractivity contribution in [3.8, 4) is 6.07 Å². The Morgan fingerprint density at radius 3 is 2.26 bits per heavy atom. The molecule has 0 atom stereocenters. The molecule has 3 aromatic rings. The molecule has 0 unspecified atom stereocenters. The lowest BCUT2D eigenvalue weighted by atomic mass is 10.1. The number of ether oxygens (including phenoxy) is 1. The number of nitriles is 1. The highest BCUT2D eigenvalue weighted by atomic mass is 16.5. The highest BCUT2D eigenvalue weighted by molar-refractivity contribution is 5.96. The number of nitrogens with zero attached hydrogens (tertiary/aromatic N) is 5. The van der Waals surface area contributed by atoms with Gasteiger partial charge >= 0.3 is 5.97 Å². The summed E-state index contributed by atoms with van der Waals surface area (Å²) < 4.78 is 5.19. The molecule has 0 saturated carbocycles. The molecule has 1 aromatic heterocycles. The number of benzene rings is 2. The fourth-order valence-electron chi connectivity index (χ4n) is 3.54. The van der Waals surface area contributed by atoms with Gasteiger partial charge in [0.25, 0.3) is 5.91 Å². The highest BCUT2D eigenvalue weighted by Gasteiger charge is 2.27. The maximum absolute atomic E-state index is 12.8. The Labute approximate surface area is 179 Å². The molecular weight excluding hydrogens is 394 g/mol. The van der Waals surface area contributed by atoms with E-state index in [0.29, 0.717) is 54.2 Å². The molecule has 1 fully saturated rings. The molecule has 0 radical (unpaired) electrons. The summed E-state index contributed by atoms with van der Waals surface area (Å²) in [5.74, 6) is -0.117. The van der Waals surface area contributed by atoms with Crippen LogP contribution in [0.5, 0.6) is 0 Å². The van der Waals surface area contributed by atoms with Crippen LogP contribution in [0.15, 0.2) is 48.5 Å². The van der Waals surface area contributed by atoms with E-state index in [9.17, 15) is 9.59 Å². The summed E-state index contributed by atoms with van der Waals surface area (Å²) in [7, 11) is 0. The normalized spacial score (nSPS) is 13.7. The average molecular weight is 415 g/mol. The van der Waals surface area contributed by atoms with Crippen LogP contribution in [0, 0.1) is 11.3 Å². The number of hydrogen-bond donors (Lipinski definition) is 0. The van der Waals surface area contributed by atoms with Crippen molar-refractivity contribution in [3.63, 3.8) is 0 Å². The Kier molecular flexibility index (Phi) is 5.76. The largest absolute Gasteiger partial charge is 0.461 e. The molecule has 2 heterocycles. The Hall–Kier alpha value is -3.99. The first kappa shape index (κ1) is 20.3. The van der Waals surface area contributed by atoms with E-state index in [0.717, 1.165) is 0 Å². The molecular formula is C23H21N5O3. The van der Waals surface area contributed by atoms with E-state index in [1.807, 2.05) is 29.2 Å². The number of rotatable bonds is 4. The number of hydrogen-bond acceptors (Lipinski definition) is 7. The van der Waals surface area contributed by atoms with Gasteiger partial charge in [-0.3, -0.25) is 4.79 Å². The molecule has 0 aliphatic carbocycles. The minimum absolute atomic E-state index is 0.0839. The number of anilines is 1. The summed E-state index contributed by atoms with van der Waals surface area (Å²) >= 11 is 0. The first-order valence-corrected chi connectivity index (χ1v) is 10.1. The smallest absolute Gasteiger partial charge is 0.360 e. The number of esters is 1. The molecule has 4 rings (SSSR count). The van der Waals surface area contributed by atoms with Crippen LogP contribution in [-0.2, 0) is 4.74 Å². The van der Waals surface area contributed by atoms with Crippen molar-refractivity contribution in [3.05, 3.63) is 65.4 Å². The second-order valence-corrected chi connectivity index (χ2v) is 7.07. The van der Waals surface area contributed by atoms with Crippen LogP contribution in [-0.4, -0.2) is 59.5 Å². The first-order chi connectivity index (χ1) is 15.1. The van der Waals surface area contributed by atoms with Crippen molar-refractivity contribution < 1.29 is 14.3 Å². The van der Waals surface area contributed by atoms with Crippen molar-refractivity contribution in [1.82, 2.24) is 14.9 Å². The van der Waals surface area contributed by atoms with Crippen LogP contribution in [0.25, 0.3) is 11.0 Å². The van der Waals surface area contributed by atoms with Crippen molar-refractivity contribution in [2.24, 2.45) is 0 Å². The zero-order valence-corrected chi connectivity index (χ0v) is 17.1. The topological polar surface area (TPSA) is 99.4 Å². The fraction of sp³-hybridized carbons (Fsp3) is 0.261. The quantitative estimate of drug-likeness (QED) is 0.604. The molecule has 0 N–H and O–H groups in total. The fourth-order valence-corrected chi connectivity index (χ4v) is 3.54. The lowest BCUT2D eigenvalue weighted by molar-refractivity contribution is 0.0519. The maximum Gasteiger partial charge on any atom is 0.360 e. The third kappa shape index (κ3) is 4.16. The van der Waals surface area contributed by atoms with Gasteiger partial charge in [-0.2, -0.15) is 5.26 Å². The summed E-state index contributed by atoms with van der Waals surface area (Å²) in [6, 6.07) is 16.0. The highest BCUT2D eigenvalue weighted by Crippen LogP contribution is 2.23. The Balaban J connectivity index is 1.55. The molecule has 156 valence electrons. The minimum Gasteiger partial charge on any atom is -0.461 e. The monoisotopic (exact) mass is 415 g/mol. The number of piperazine rings is 1. The first-order valence-electron chi connectivity index (χ1n) is 10.1. The van der Waals surface area contributed by atoms with E-state index >= 15 is 0 Å². The van der Waals surface area contributed by atoms with Crippen LogP contribution in [0.3, 0.4) is 0 Å². The lowest BCUT2D eigenvalue weighted by Gasteiger charge is -2.35. The SMILES string of the molecule is CCOC(=O)c1nc2ccccc2nc1N1CCN(C(=O)c2ccc(C#N)cc2)CC1. The van der Waals surface area contributed by atoms with Crippen LogP contribution in [0.4, 0.5) is 5.82 Å². The van der Waals surface area contributed by atoms with Gasteiger partial charge in [0.15, 0.2) is 11.5 Å². The van der Waals surface area contributed by atoms with Crippen molar-refractivity contribution in [1.29, 1.82) is 5.26 Å². The molecule has 1 aliphatic rings. The number of aromatic nitrogens is 2. The predicted octanol–water partition coefficient (Wildman–Crippen LogP) is 2.64. The van der Waals surface area contributed by atoms with Crippen molar-refractivity contribution >= 4 is 28.7 Å². The van der Waals surface area contributed by atoms with Crippen LogP contribution in [0.1, 0.15) is 33.3 Å². The van der Waals surface area contributed by atoms with E-state index in [-0.39, 0.29) is 18.2 Å². The number of para-hydroxylation sites is 2. The van der Waals surface area contributed by atoms with Gasteiger partial charge in [-0.05, 0) is 43.3 Å². The van der Waals surface area contributed by atoms with E-state index in [1.165, 1.54) is 0 Å². The number of carbonyl (C=O) groups is 2. The van der Waals surface area contributed by atoms with Gasteiger partial charge in [0.1, 0.15) is 0 Å².